The number of fused-ring (bicyclic) bond motifs is 1. The summed E-state index contributed by atoms with van der Waals surface area (Å²) in [6.45, 7) is 6.97. The molecule has 3 atom stereocenters. The molecule has 34 heavy (non-hydrogen) atoms. The fourth-order valence-corrected chi connectivity index (χ4v) is 5.25. The van der Waals surface area contributed by atoms with Gasteiger partial charge in [0.1, 0.15) is 0 Å². The lowest BCUT2D eigenvalue weighted by atomic mass is 9.69. The molecule has 8 nitrogen and oxygen atoms in total. The molecular formula is C26H33N5O3. The predicted octanol–water partition coefficient (Wildman–Crippen LogP) is 3.76. The van der Waals surface area contributed by atoms with E-state index < -0.39 is 5.69 Å². The van der Waals surface area contributed by atoms with E-state index in [9.17, 15) is 14.4 Å². The highest BCUT2D eigenvalue weighted by Gasteiger charge is 2.37. The molecule has 4 rings (SSSR count). The summed E-state index contributed by atoms with van der Waals surface area (Å²) in [4.78, 5) is 44.1. The van der Waals surface area contributed by atoms with Gasteiger partial charge in [-0.05, 0) is 60.9 Å². The molecule has 0 saturated heterocycles. The number of imidazole rings is 1. The summed E-state index contributed by atoms with van der Waals surface area (Å²) >= 11 is 0. The van der Waals surface area contributed by atoms with Crippen LogP contribution in [0.4, 0.5) is 5.69 Å². The maximum atomic E-state index is 13.8. The van der Waals surface area contributed by atoms with Crippen LogP contribution in [0, 0.1) is 23.7 Å². The summed E-state index contributed by atoms with van der Waals surface area (Å²) in [7, 11) is 0. The van der Waals surface area contributed by atoms with Crippen molar-refractivity contribution in [1.29, 1.82) is 0 Å². The fraction of sp³-hybridized carbons (Fsp3) is 0.462. The number of carbonyl (C=O) groups excluding carboxylic acids is 2. The summed E-state index contributed by atoms with van der Waals surface area (Å²) in [6.07, 6.45) is 6.06. The van der Waals surface area contributed by atoms with Gasteiger partial charge in [-0.15, -0.1) is 0 Å². The normalized spacial score (nSPS) is 20.6. The van der Waals surface area contributed by atoms with E-state index in [2.05, 4.69) is 31.1 Å². The molecule has 2 heterocycles. The third-order valence-corrected chi connectivity index (χ3v) is 7.02. The average molecular weight is 464 g/mol. The highest BCUT2D eigenvalue weighted by atomic mass is 16.2. The van der Waals surface area contributed by atoms with Crippen LogP contribution in [0.25, 0.3) is 11.0 Å². The van der Waals surface area contributed by atoms with Crippen molar-refractivity contribution < 1.29 is 9.59 Å². The van der Waals surface area contributed by atoms with Gasteiger partial charge in [0.15, 0.2) is 0 Å². The van der Waals surface area contributed by atoms with E-state index in [1.165, 1.54) is 9.13 Å². The Morgan fingerprint density at radius 3 is 2.68 bits per heavy atom. The minimum absolute atomic E-state index is 0.149. The second kappa shape index (κ2) is 9.93. The van der Waals surface area contributed by atoms with Gasteiger partial charge in [-0.1, -0.05) is 27.2 Å². The monoisotopic (exact) mass is 463 g/mol. The van der Waals surface area contributed by atoms with Crippen molar-refractivity contribution >= 4 is 28.5 Å². The maximum absolute atomic E-state index is 13.8. The lowest BCUT2D eigenvalue weighted by Gasteiger charge is -2.36. The van der Waals surface area contributed by atoms with E-state index in [1.54, 1.807) is 42.7 Å². The van der Waals surface area contributed by atoms with Crippen molar-refractivity contribution in [3.63, 3.8) is 0 Å². The summed E-state index contributed by atoms with van der Waals surface area (Å²) in [6, 6.07) is 8.48. The minimum Gasteiger partial charge on any atom is -0.329 e. The Bertz CT molecular complexity index is 1240. The van der Waals surface area contributed by atoms with Crippen molar-refractivity contribution in [2.24, 2.45) is 29.4 Å². The fourth-order valence-electron chi connectivity index (χ4n) is 5.25. The average Bonchev–Trinajstić information content (AvgIpc) is 3.10. The van der Waals surface area contributed by atoms with E-state index in [1.807, 2.05) is 0 Å². The zero-order valence-corrected chi connectivity index (χ0v) is 20.0. The number of anilines is 1. The zero-order valence-electron chi connectivity index (χ0n) is 20.0. The Morgan fingerprint density at radius 1 is 1.21 bits per heavy atom. The van der Waals surface area contributed by atoms with Gasteiger partial charge in [0.05, 0.1) is 22.9 Å². The number of amides is 1. The zero-order chi connectivity index (χ0) is 24.4. The molecule has 180 valence electrons. The number of carbonyl (C=O) groups is 2. The first-order chi connectivity index (χ1) is 16.3. The van der Waals surface area contributed by atoms with Crippen LogP contribution in [0.15, 0.2) is 47.5 Å². The Hall–Kier alpha value is -3.26. The van der Waals surface area contributed by atoms with E-state index in [4.69, 9.17) is 5.73 Å². The molecule has 2 aromatic heterocycles. The number of hydrogen-bond donors (Lipinski definition) is 2. The van der Waals surface area contributed by atoms with Gasteiger partial charge < -0.3 is 11.1 Å². The van der Waals surface area contributed by atoms with Gasteiger partial charge in [-0.3, -0.25) is 19.1 Å². The van der Waals surface area contributed by atoms with E-state index in [0.29, 0.717) is 34.1 Å². The Morgan fingerprint density at radius 2 is 2.00 bits per heavy atom. The summed E-state index contributed by atoms with van der Waals surface area (Å²) in [5.41, 5.74) is 7.41. The number of nitrogens with one attached hydrogen (secondary N) is 1. The molecule has 8 heteroatoms. The van der Waals surface area contributed by atoms with Gasteiger partial charge in [0.25, 0.3) is 5.91 Å². The lowest BCUT2D eigenvalue weighted by Crippen LogP contribution is -2.40. The number of benzene rings is 1. The maximum Gasteiger partial charge on any atom is 0.336 e. The van der Waals surface area contributed by atoms with Gasteiger partial charge in [-0.25, -0.2) is 9.36 Å². The molecule has 3 N–H and O–H groups in total. The Balaban J connectivity index is 1.76. The lowest BCUT2D eigenvalue weighted by molar-refractivity contribution is 0.0633. The SMILES string of the molecule is CC(C)[C@@H]1CC[C@@H](C)CC1C(=O)n1c(=O)n(CCN)c2cc(C(=O)Nc3cccnc3)ccc21. The van der Waals surface area contributed by atoms with Gasteiger partial charge in [-0.2, -0.15) is 0 Å². The van der Waals surface area contributed by atoms with Crippen LogP contribution in [0.1, 0.15) is 55.2 Å². The van der Waals surface area contributed by atoms with Crippen molar-refractivity contribution in [3.8, 4) is 0 Å². The van der Waals surface area contributed by atoms with Crippen LogP contribution in [0.2, 0.25) is 0 Å². The Kier molecular flexibility index (Phi) is 6.97. The number of pyridine rings is 1. The summed E-state index contributed by atoms with van der Waals surface area (Å²) < 4.78 is 2.82. The molecule has 0 radical (unpaired) electrons. The molecule has 0 spiro atoms. The van der Waals surface area contributed by atoms with Crippen molar-refractivity contribution in [1.82, 2.24) is 14.1 Å². The predicted molar refractivity (Wildman–Crippen MR) is 133 cm³/mol. The van der Waals surface area contributed by atoms with Gasteiger partial charge in [0, 0.05) is 30.8 Å². The number of nitrogens with two attached hydrogens (primary N) is 1. The van der Waals surface area contributed by atoms with Crippen molar-refractivity contribution in [3.05, 3.63) is 58.8 Å². The van der Waals surface area contributed by atoms with Gasteiger partial charge >= 0.3 is 5.69 Å². The van der Waals surface area contributed by atoms with Gasteiger partial charge in [0.2, 0.25) is 5.91 Å². The Labute approximate surface area is 199 Å². The smallest absolute Gasteiger partial charge is 0.329 e. The minimum atomic E-state index is -0.393. The van der Waals surface area contributed by atoms with Crippen molar-refractivity contribution in [2.45, 2.75) is 46.6 Å². The van der Waals surface area contributed by atoms with Crippen LogP contribution < -0.4 is 16.7 Å². The molecular weight excluding hydrogens is 430 g/mol. The first kappa shape index (κ1) is 23.9. The molecule has 1 saturated carbocycles. The number of nitrogens with zero attached hydrogens (tertiary/aromatic N) is 3. The van der Waals surface area contributed by atoms with Crippen LogP contribution in [0.5, 0.6) is 0 Å². The summed E-state index contributed by atoms with van der Waals surface area (Å²) in [5, 5.41) is 2.81. The molecule has 0 bridgehead atoms. The second-order valence-corrected chi connectivity index (χ2v) is 9.73. The molecule has 1 aromatic carbocycles. The first-order valence-corrected chi connectivity index (χ1v) is 12.0. The van der Waals surface area contributed by atoms with Crippen LogP contribution in [-0.4, -0.2) is 32.5 Å². The van der Waals surface area contributed by atoms with E-state index >= 15 is 0 Å². The molecule has 1 aliphatic carbocycles. The number of aromatic nitrogens is 3. The first-order valence-electron chi connectivity index (χ1n) is 12.0. The molecule has 3 aromatic rings. The van der Waals surface area contributed by atoms with Crippen LogP contribution in [0.3, 0.4) is 0 Å². The highest BCUT2D eigenvalue weighted by Crippen LogP contribution is 2.39. The molecule has 0 aliphatic heterocycles. The molecule has 1 fully saturated rings. The largest absolute Gasteiger partial charge is 0.336 e. The highest BCUT2D eigenvalue weighted by molar-refractivity contribution is 6.06. The molecule has 1 unspecified atom stereocenters. The molecule has 1 amide bonds. The number of hydrogen-bond acceptors (Lipinski definition) is 5. The van der Waals surface area contributed by atoms with E-state index in [-0.39, 0.29) is 36.7 Å². The van der Waals surface area contributed by atoms with Crippen molar-refractivity contribution in [2.75, 3.05) is 11.9 Å². The third-order valence-electron chi connectivity index (χ3n) is 7.02. The standard InChI is InChI=1S/C26H33N5O3/c1-16(2)20-8-6-17(3)13-21(20)25(33)31-22-9-7-18(14-23(22)30(12-10-27)26(31)34)24(32)29-19-5-4-11-28-15-19/h4-5,7,9,11,14-17,20-21H,6,8,10,12-13,27H2,1-3H3,(H,29,32)/t17-,20+,21?/m1/s1. The summed E-state index contributed by atoms with van der Waals surface area (Å²) in [5.74, 6) is 0.377. The molecule has 1 aliphatic rings. The van der Waals surface area contributed by atoms with E-state index in [0.717, 1.165) is 19.3 Å². The second-order valence-electron chi connectivity index (χ2n) is 9.73. The topological polar surface area (TPSA) is 112 Å². The quantitative estimate of drug-likeness (QED) is 0.578. The van der Waals surface area contributed by atoms with Crippen LogP contribution in [-0.2, 0) is 6.54 Å². The number of rotatable bonds is 6. The van der Waals surface area contributed by atoms with Crippen LogP contribution >= 0.6 is 0 Å². The third kappa shape index (κ3) is 4.55.